The van der Waals surface area contributed by atoms with E-state index in [0.29, 0.717) is 17.3 Å². The summed E-state index contributed by atoms with van der Waals surface area (Å²) in [4.78, 5) is 27.2. The van der Waals surface area contributed by atoms with Crippen molar-refractivity contribution in [3.8, 4) is 5.75 Å². The number of halogens is 1. The van der Waals surface area contributed by atoms with E-state index < -0.39 is 6.04 Å². The second-order valence-corrected chi connectivity index (χ2v) is 7.61. The van der Waals surface area contributed by atoms with Gasteiger partial charge in [-0.1, -0.05) is 48.9 Å². The highest BCUT2D eigenvalue weighted by Crippen LogP contribution is 2.21. The molecule has 0 heterocycles. The van der Waals surface area contributed by atoms with E-state index in [1.165, 1.54) is 0 Å². The summed E-state index contributed by atoms with van der Waals surface area (Å²) >= 11 is 6.04. The molecule has 2 rings (SSSR count). The molecule has 0 aliphatic heterocycles. The largest absolute Gasteiger partial charge is 0.484 e. The van der Waals surface area contributed by atoms with Gasteiger partial charge in [-0.2, -0.15) is 0 Å². The zero-order valence-electron chi connectivity index (χ0n) is 17.4. The Morgan fingerprint density at radius 2 is 1.83 bits per heavy atom. The van der Waals surface area contributed by atoms with Crippen molar-refractivity contribution in [3.63, 3.8) is 0 Å². The number of nitrogens with zero attached hydrogens (tertiary/aromatic N) is 1. The van der Waals surface area contributed by atoms with Gasteiger partial charge in [0.15, 0.2) is 6.61 Å². The van der Waals surface area contributed by atoms with Crippen LogP contribution in [0.15, 0.2) is 48.5 Å². The standard InChI is InChI=1S/C23H29ClN2O3/c1-5-17(3)25-23(28)18(4)26(14-19-9-7-6-8-10-19)22(27)15-29-20-11-12-21(24)16(2)13-20/h6-13,17-18H,5,14-15H2,1-4H3,(H,25,28)/t17-,18-/m1/s1. The van der Waals surface area contributed by atoms with Crippen LogP contribution in [-0.2, 0) is 16.1 Å². The Hall–Kier alpha value is -2.53. The van der Waals surface area contributed by atoms with Crippen molar-refractivity contribution in [1.82, 2.24) is 10.2 Å². The van der Waals surface area contributed by atoms with E-state index in [1.54, 1.807) is 30.0 Å². The minimum Gasteiger partial charge on any atom is -0.484 e. The molecular formula is C23H29ClN2O3. The first-order valence-electron chi connectivity index (χ1n) is 9.84. The molecule has 156 valence electrons. The molecule has 0 aliphatic rings. The van der Waals surface area contributed by atoms with Crippen LogP contribution in [-0.4, -0.2) is 35.4 Å². The number of aryl methyl sites for hydroxylation is 1. The number of ether oxygens (including phenoxy) is 1. The summed E-state index contributed by atoms with van der Waals surface area (Å²) in [5.74, 6) is 0.135. The van der Waals surface area contributed by atoms with Gasteiger partial charge in [0.1, 0.15) is 11.8 Å². The summed E-state index contributed by atoms with van der Waals surface area (Å²) in [6.07, 6.45) is 0.824. The molecule has 29 heavy (non-hydrogen) atoms. The molecule has 0 aliphatic carbocycles. The molecule has 2 aromatic rings. The van der Waals surface area contributed by atoms with Gasteiger partial charge in [0, 0.05) is 17.6 Å². The van der Waals surface area contributed by atoms with E-state index in [4.69, 9.17) is 16.3 Å². The second-order valence-electron chi connectivity index (χ2n) is 7.20. The second kappa shape index (κ2) is 10.9. The van der Waals surface area contributed by atoms with Crippen LogP contribution in [0.2, 0.25) is 5.02 Å². The highest BCUT2D eigenvalue weighted by Gasteiger charge is 2.27. The van der Waals surface area contributed by atoms with Crippen LogP contribution in [0.4, 0.5) is 0 Å². The molecule has 0 fully saturated rings. The molecule has 0 aromatic heterocycles. The molecule has 2 atom stereocenters. The Morgan fingerprint density at radius 3 is 2.45 bits per heavy atom. The number of rotatable bonds is 9. The van der Waals surface area contributed by atoms with Crippen molar-refractivity contribution >= 4 is 23.4 Å². The van der Waals surface area contributed by atoms with Gasteiger partial charge in [0.05, 0.1) is 0 Å². The maximum Gasteiger partial charge on any atom is 0.261 e. The van der Waals surface area contributed by atoms with Crippen molar-refractivity contribution in [1.29, 1.82) is 0 Å². The van der Waals surface area contributed by atoms with E-state index in [2.05, 4.69) is 5.32 Å². The highest BCUT2D eigenvalue weighted by atomic mass is 35.5. The van der Waals surface area contributed by atoms with E-state index >= 15 is 0 Å². The van der Waals surface area contributed by atoms with Crippen molar-refractivity contribution < 1.29 is 14.3 Å². The zero-order chi connectivity index (χ0) is 21.4. The van der Waals surface area contributed by atoms with Crippen molar-refractivity contribution in [2.45, 2.75) is 52.7 Å². The Labute approximate surface area is 178 Å². The molecule has 0 bridgehead atoms. The fourth-order valence-electron chi connectivity index (χ4n) is 2.76. The van der Waals surface area contributed by atoms with Crippen LogP contribution in [0.3, 0.4) is 0 Å². The minimum atomic E-state index is -0.618. The Balaban J connectivity index is 2.12. The molecule has 2 aromatic carbocycles. The Kier molecular flexibility index (Phi) is 8.52. The summed E-state index contributed by atoms with van der Waals surface area (Å²) in [7, 11) is 0. The predicted octanol–water partition coefficient (Wildman–Crippen LogP) is 4.36. The first kappa shape index (κ1) is 22.8. The molecular weight excluding hydrogens is 388 g/mol. The molecule has 0 radical (unpaired) electrons. The van der Waals surface area contributed by atoms with Crippen LogP contribution in [0, 0.1) is 6.92 Å². The van der Waals surface area contributed by atoms with E-state index in [0.717, 1.165) is 17.5 Å². The van der Waals surface area contributed by atoms with Crippen LogP contribution in [0.5, 0.6) is 5.75 Å². The number of hydrogen-bond donors (Lipinski definition) is 1. The van der Waals surface area contributed by atoms with Crippen molar-refractivity contribution in [3.05, 3.63) is 64.7 Å². The van der Waals surface area contributed by atoms with Gasteiger partial charge in [-0.05, 0) is 56.5 Å². The SMILES string of the molecule is CC[C@@H](C)NC(=O)[C@@H](C)N(Cc1ccccc1)C(=O)COc1ccc(Cl)c(C)c1. The number of carbonyl (C=O) groups is 2. The van der Waals surface area contributed by atoms with Gasteiger partial charge in [0.2, 0.25) is 5.91 Å². The van der Waals surface area contributed by atoms with Gasteiger partial charge >= 0.3 is 0 Å². The smallest absolute Gasteiger partial charge is 0.261 e. The van der Waals surface area contributed by atoms with Gasteiger partial charge in [-0.25, -0.2) is 0 Å². The van der Waals surface area contributed by atoms with Crippen LogP contribution < -0.4 is 10.1 Å². The normalized spacial score (nSPS) is 12.7. The van der Waals surface area contributed by atoms with E-state index in [-0.39, 0.29) is 24.5 Å². The van der Waals surface area contributed by atoms with Gasteiger partial charge < -0.3 is 15.0 Å². The average molecular weight is 417 g/mol. The molecule has 1 N–H and O–H groups in total. The van der Waals surface area contributed by atoms with Gasteiger partial charge in [-0.3, -0.25) is 9.59 Å². The van der Waals surface area contributed by atoms with E-state index in [1.807, 2.05) is 51.1 Å². The summed E-state index contributed by atoms with van der Waals surface area (Å²) in [5, 5.41) is 3.59. The molecule has 2 amide bonds. The fraction of sp³-hybridized carbons (Fsp3) is 0.391. The number of carbonyl (C=O) groups excluding carboxylic acids is 2. The Morgan fingerprint density at radius 1 is 1.14 bits per heavy atom. The lowest BCUT2D eigenvalue weighted by molar-refractivity contribution is -0.142. The van der Waals surface area contributed by atoms with Crippen LogP contribution in [0.1, 0.15) is 38.3 Å². The van der Waals surface area contributed by atoms with Gasteiger partial charge in [-0.15, -0.1) is 0 Å². The van der Waals surface area contributed by atoms with Crippen molar-refractivity contribution in [2.24, 2.45) is 0 Å². The topological polar surface area (TPSA) is 58.6 Å². The molecule has 0 saturated heterocycles. The average Bonchev–Trinajstić information content (AvgIpc) is 2.72. The van der Waals surface area contributed by atoms with Crippen LogP contribution in [0.25, 0.3) is 0 Å². The molecule has 6 heteroatoms. The number of hydrogen-bond acceptors (Lipinski definition) is 3. The van der Waals surface area contributed by atoms with Gasteiger partial charge in [0.25, 0.3) is 5.91 Å². The maximum atomic E-state index is 13.0. The van der Waals surface area contributed by atoms with Crippen LogP contribution >= 0.6 is 11.6 Å². The summed E-state index contributed by atoms with van der Waals surface area (Å²) in [6.45, 7) is 7.74. The molecule has 0 spiro atoms. The third kappa shape index (κ3) is 6.79. The quantitative estimate of drug-likeness (QED) is 0.660. The third-order valence-corrected chi connectivity index (χ3v) is 5.28. The summed E-state index contributed by atoms with van der Waals surface area (Å²) < 4.78 is 5.67. The lowest BCUT2D eigenvalue weighted by Gasteiger charge is -2.29. The first-order valence-corrected chi connectivity index (χ1v) is 10.2. The molecule has 0 unspecified atom stereocenters. The lowest BCUT2D eigenvalue weighted by atomic mass is 10.1. The maximum absolute atomic E-state index is 13.0. The monoisotopic (exact) mass is 416 g/mol. The predicted molar refractivity (Wildman–Crippen MR) is 116 cm³/mol. The Bertz CT molecular complexity index is 826. The molecule has 0 saturated carbocycles. The lowest BCUT2D eigenvalue weighted by Crippen LogP contribution is -2.50. The number of benzene rings is 2. The van der Waals surface area contributed by atoms with E-state index in [9.17, 15) is 9.59 Å². The minimum absolute atomic E-state index is 0.0481. The fourth-order valence-corrected chi connectivity index (χ4v) is 2.88. The highest BCUT2D eigenvalue weighted by molar-refractivity contribution is 6.31. The first-order chi connectivity index (χ1) is 13.8. The summed E-state index contributed by atoms with van der Waals surface area (Å²) in [5.41, 5.74) is 1.82. The van der Waals surface area contributed by atoms with Crippen molar-refractivity contribution in [2.75, 3.05) is 6.61 Å². The third-order valence-electron chi connectivity index (χ3n) is 4.86. The zero-order valence-corrected chi connectivity index (χ0v) is 18.2. The number of amides is 2. The summed E-state index contributed by atoms with van der Waals surface area (Å²) in [6, 6.07) is 14.3. The molecule has 5 nitrogen and oxygen atoms in total. The number of nitrogens with one attached hydrogen (secondary N) is 1.